The second-order valence-electron chi connectivity index (χ2n) is 2.51. The SMILES string of the molecule is CC(=O)CC(=O)C(CN)CN. The average molecular weight is 158 g/mol. The maximum absolute atomic E-state index is 11.0. The number of carbonyl (C=O) groups is 2. The van der Waals surface area contributed by atoms with Crippen LogP contribution < -0.4 is 11.5 Å². The van der Waals surface area contributed by atoms with E-state index in [0.29, 0.717) is 0 Å². The van der Waals surface area contributed by atoms with Crippen molar-refractivity contribution in [2.45, 2.75) is 13.3 Å². The first-order valence-electron chi connectivity index (χ1n) is 3.54. The zero-order chi connectivity index (χ0) is 8.85. The van der Waals surface area contributed by atoms with Crippen molar-refractivity contribution >= 4 is 11.6 Å². The summed E-state index contributed by atoms with van der Waals surface area (Å²) in [6.07, 6.45) is -0.0426. The van der Waals surface area contributed by atoms with Gasteiger partial charge in [-0.1, -0.05) is 0 Å². The van der Waals surface area contributed by atoms with Crippen LogP contribution in [0.15, 0.2) is 0 Å². The van der Waals surface area contributed by atoms with E-state index in [4.69, 9.17) is 11.5 Å². The maximum atomic E-state index is 11.0. The fraction of sp³-hybridized carbons (Fsp3) is 0.714. The van der Waals surface area contributed by atoms with Crippen LogP contribution in [0.5, 0.6) is 0 Å². The van der Waals surface area contributed by atoms with Gasteiger partial charge in [-0.25, -0.2) is 0 Å². The Labute approximate surface area is 65.9 Å². The minimum atomic E-state index is -0.348. The van der Waals surface area contributed by atoms with Gasteiger partial charge < -0.3 is 11.5 Å². The van der Waals surface area contributed by atoms with Crippen LogP contribution in [0.25, 0.3) is 0 Å². The predicted molar refractivity (Wildman–Crippen MR) is 41.9 cm³/mol. The molecule has 4 heteroatoms. The topological polar surface area (TPSA) is 86.2 Å². The molecule has 0 aromatic rings. The van der Waals surface area contributed by atoms with Gasteiger partial charge in [0.15, 0.2) is 0 Å². The molecule has 0 heterocycles. The third-order valence-electron chi connectivity index (χ3n) is 1.45. The van der Waals surface area contributed by atoms with Gasteiger partial charge in [0.25, 0.3) is 0 Å². The summed E-state index contributed by atoms with van der Waals surface area (Å²) in [7, 11) is 0. The summed E-state index contributed by atoms with van der Waals surface area (Å²) < 4.78 is 0. The number of hydrogen-bond acceptors (Lipinski definition) is 4. The second kappa shape index (κ2) is 4.98. The van der Waals surface area contributed by atoms with Crippen LogP contribution in [0, 0.1) is 5.92 Å². The minimum absolute atomic E-state index is 0.0426. The summed E-state index contributed by atoms with van der Waals surface area (Å²) in [5, 5.41) is 0. The van der Waals surface area contributed by atoms with Crippen LogP contribution in [0.2, 0.25) is 0 Å². The smallest absolute Gasteiger partial charge is 0.145 e. The van der Waals surface area contributed by atoms with E-state index in [2.05, 4.69) is 0 Å². The van der Waals surface area contributed by atoms with Crippen molar-refractivity contribution in [1.29, 1.82) is 0 Å². The van der Waals surface area contributed by atoms with Crippen molar-refractivity contribution in [2.24, 2.45) is 17.4 Å². The summed E-state index contributed by atoms with van der Waals surface area (Å²) in [6, 6.07) is 0. The van der Waals surface area contributed by atoms with Crippen LogP contribution in [-0.2, 0) is 9.59 Å². The third kappa shape index (κ3) is 3.85. The third-order valence-corrected chi connectivity index (χ3v) is 1.45. The fourth-order valence-electron chi connectivity index (χ4n) is 0.749. The molecule has 0 fully saturated rings. The van der Waals surface area contributed by atoms with Crippen molar-refractivity contribution in [3.05, 3.63) is 0 Å². The molecule has 0 spiro atoms. The zero-order valence-corrected chi connectivity index (χ0v) is 6.67. The molecule has 0 radical (unpaired) electrons. The van der Waals surface area contributed by atoms with E-state index >= 15 is 0 Å². The van der Waals surface area contributed by atoms with Crippen LogP contribution >= 0.6 is 0 Å². The molecule has 0 aliphatic rings. The molecule has 4 nitrogen and oxygen atoms in total. The lowest BCUT2D eigenvalue weighted by molar-refractivity contribution is -0.127. The first-order valence-corrected chi connectivity index (χ1v) is 3.54. The Bertz CT molecular complexity index is 153. The van der Waals surface area contributed by atoms with Crippen molar-refractivity contribution in [3.8, 4) is 0 Å². The monoisotopic (exact) mass is 158 g/mol. The number of ketones is 2. The highest BCUT2D eigenvalue weighted by Crippen LogP contribution is 1.97. The molecule has 0 unspecified atom stereocenters. The van der Waals surface area contributed by atoms with Gasteiger partial charge in [-0.3, -0.25) is 9.59 Å². The van der Waals surface area contributed by atoms with E-state index in [1.54, 1.807) is 0 Å². The Balaban J connectivity index is 3.89. The van der Waals surface area contributed by atoms with Gasteiger partial charge in [-0.2, -0.15) is 0 Å². The van der Waals surface area contributed by atoms with Crippen LogP contribution in [-0.4, -0.2) is 24.7 Å². The molecule has 0 aromatic carbocycles. The minimum Gasteiger partial charge on any atom is -0.330 e. The quantitative estimate of drug-likeness (QED) is 0.506. The van der Waals surface area contributed by atoms with Crippen LogP contribution in [0.1, 0.15) is 13.3 Å². The van der Waals surface area contributed by atoms with E-state index in [1.165, 1.54) is 6.92 Å². The summed E-state index contributed by atoms with van der Waals surface area (Å²) in [6.45, 7) is 1.83. The number of nitrogens with two attached hydrogens (primary N) is 2. The van der Waals surface area contributed by atoms with Crippen LogP contribution in [0.3, 0.4) is 0 Å². The van der Waals surface area contributed by atoms with Gasteiger partial charge in [0.1, 0.15) is 11.6 Å². The molecule has 0 amide bonds. The molecular weight excluding hydrogens is 144 g/mol. The van der Waals surface area contributed by atoms with E-state index in [9.17, 15) is 9.59 Å². The molecule has 0 atom stereocenters. The van der Waals surface area contributed by atoms with Gasteiger partial charge in [-0.15, -0.1) is 0 Å². The molecule has 0 bridgehead atoms. The molecular formula is C7H14N2O2. The Morgan fingerprint density at radius 1 is 1.27 bits per heavy atom. The van der Waals surface area contributed by atoms with E-state index in [1.807, 2.05) is 0 Å². The highest BCUT2D eigenvalue weighted by atomic mass is 16.1. The molecule has 0 aliphatic carbocycles. The molecule has 0 aromatic heterocycles. The largest absolute Gasteiger partial charge is 0.330 e. The van der Waals surface area contributed by atoms with Crippen molar-refractivity contribution in [2.75, 3.05) is 13.1 Å². The summed E-state index contributed by atoms with van der Waals surface area (Å²) in [4.78, 5) is 21.5. The van der Waals surface area contributed by atoms with Gasteiger partial charge >= 0.3 is 0 Å². The molecule has 64 valence electrons. The maximum Gasteiger partial charge on any atom is 0.145 e. The van der Waals surface area contributed by atoms with Crippen molar-refractivity contribution < 1.29 is 9.59 Å². The fourth-order valence-corrected chi connectivity index (χ4v) is 0.749. The lowest BCUT2D eigenvalue weighted by atomic mass is 10.0. The Kier molecular flexibility index (Phi) is 4.65. The first-order chi connectivity index (χ1) is 5.11. The average Bonchev–Trinajstić information content (AvgIpc) is 1.88. The Morgan fingerprint density at radius 3 is 2.00 bits per heavy atom. The molecule has 0 saturated heterocycles. The lowest BCUT2D eigenvalue weighted by Gasteiger charge is -2.08. The zero-order valence-electron chi connectivity index (χ0n) is 6.67. The number of Topliss-reactive ketones (excluding diaryl/α,β-unsaturated/α-hetero) is 2. The molecule has 0 saturated carbocycles. The molecule has 0 aliphatic heterocycles. The standard InChI is InChI=1S/C7H14N2O2/c1-5(10)2-7(11)6(3-8)4-9/h6H,2-4,8-9H2,1H3. The number of hydrogen-bond donors (Lipinski definition) is 2. The van der Waals surface area contributed by atoms with Crippen molar-refractivity contribution in [3.63, 3.8) is 0 Å². The summed E-state index contributed by atoms with van der Waals surface area (Å²) >= 11 is 0. The number of rotatable bonds is 5. The van der Waals surface area contributed by atoms with Gasteiger partial charge in [0, 0.05) is 19.0 Å². The van der Waals surface area contributed by atoms with Crippen molar-refractivity contribution in [1.82, 2.24) is 0 Å². The Morgan fingerprint density at radius 2 is 1.73 bits per heavy atom. The van der Waals surface area contributed by atoms with E-state index in [0.717, 1.165) is 0 Å². The molecule has 11 heavy (non-hydrogen) atoms. The lowest BCUT2D eigenvalue weighted by Crippen LogP contribution is -2.31. The summed E-state index contributed by atoms with van der Waals surface area (Å²) in [5.74, 6) is -0.636. The Hall–Kier alpha value is -0.740. The number of carbonyl (C=O) groups excluding carboxylic acids is 2. The van der Waals surface area contributed by atoms with Gasteiger partial charge in [-0.05, 0) is 6.92 Å². The van der Waals surface area contributed by atoms with Crippen LogP contribution in [0.4, 0.5) is 0 Å². The van der Waals surface area contributed by atoms with E-state index < -0.39 is 0 Å². The highest BCUT2D eigenvalue weighted by Gasteiger charge is 2.15. The highest BCUT2D eigenvalue weighted by molar-refractivity contribution is 5.99. The van der Waals surface area contributed by atoms with Gasteiger partial charge in [0.05, 0.1) is 6.42 Å². The molecule has 0 rings (SSSR count). The summed E-state index contributed by atoms with van der Waals surface area (Å²) in [5.41, 5.74) is 10.5. The normalized spacial score (nSPS) is 10.2. The first kappa shape index (κ1) is 10.3. The predicted octanol–water partition coefficient (Wildman–Crippen LogP) is -0.932. The second-order valence-corrected chi connectivity index (χ2v) is 2.51. The van der Waals surface area contributed by atoms with E-state index in [-0.39, 0.29) is 37.0 Å². The van der Waals surface area contributed by atoms with Gasteiger partial charge in [0.2, 0.25) is 0 Å². The molecule has 4 N–H and O–H groups in total.